The topological polar surface area (TPSA) is 116 Å². The number of hydrogen-bond acceptors (Lipinski definition) is 5. The fraction of sp³-hybridized carbons (Fsp3) is 0.462. The Morgan fingerprint density at radius 2 is 2.20 bits per heavy atom. The molecule has 1 aromatic rings. The van der Waals surface area contributed by atoms with Crippen LogP contribution in [0, 0.1) is 17.2 Å². The van der Waals surface area contributed by atoms with E-state index >= 15 is 0 Å². The van der Waals surface area contributed by atoms with E-state index in [0.717, 1.165) is 6.42 Å². The maximum absolute atomic E-state index is 12.2. The van der Waals surface area contributed by atoms with Crippen molar-refractivity contribution in [1.29, 1.82) is 5.26 Å². The van der Waals surface area contributed by atoms with Crippen LogP contribution in [-0.4, -0.2) is 26.2 Å². The third kappa shape index (κ3) is 3.28. The lowest BCUT2D eigenvalue weighted by Crippen LogP contribution is -2.29. The van der Waals surface area contributed by atoms with Crippen LogP contribution in [0.3, 0.4) is 0 Å². The molecule has 4 N–H and O–H groups in total. The average molecular weight is 295 g/mol. The number of benzene rings is 1. The van der Waals surface area contributed by atoms with Crippen molar-refractivity contribution in [3.05, 3.63) is 23.8 Å². The number of hydrogen-bond donors (Lipinski definition) is 3. The number of sulfonamides is 1. The molecule has 2 rings (SSSR count). The first-order valence-corrected chi connectivity index (χ1v) is 7.88. The number of anilines is 1. The van der Waals surface area contributed by atoms with Gasteiger partial charge in [0.2, 0.25) is 10.0 Å². The van der Waals surface area contributed by atoms with Crippen molar-refractivity contribution in [3.8, 4) is 6.07 Å². The summed E-state index contributed by atoms with van der Waals surface area (Å²) in [4.78, 5) is -0.0185. The van der Waals surface area contributed by atoms with Crippen LogP contribution in [-0.2, 0) is 10.0 Å². The maximum atomic E-state index is 12.2. The van der Waals surface area contributed by atoms with Crippen molar-refractivity contribution in [1.82, 2.24) is 4.72 Å². The van der Waals surface area contributed by atoms with Crippen LogP contribution in [0.15, 0.2) is 23.1 Å². The van der Waals surface area contributed by atoms with Crippen molar-refractivity contribution in [2.24, 2.45) is 5.92 Å². The highest BCUT2D eigenvalue weighted by Crippen LogP contribution is 2.25. The Labute approximate surface area is 118 Å². The second kappa shape index (κ2) is 5.79. The van der Waals surface area contributed by atoms with Crippen molar-refractivity contribution < 1.29 is 13.5 Å². The summed E-state index contributed by atoms with van der Waals surface area (Å²) in [6, 6.07) is 6.00. The standard InChI is InChI=1S/C13H17N3O3S/c14-7-9-2-4-13(12(15)6-9)20(18,19)16-8-10-1-3-11(17)5-10/h2,4,6,10-11,16-17H,1,3,5,8,15H2. The zero-order valence-corrected chi connectivity index (χ0v) is 11.7. The second-order valence-electron chi connectivity index (χ2n) is 5.05. The summed E-state index contributed by atoms with van der Waals surface area (Å²) in [5.41, 5.74) is 6.06. The van der Waals surface area contributed by atoms with E-state index in [9.17, 15) is 13.5 Å². The summed E-state index contributed by atoms with van der Waals surface area (Å²) in [5, 5.41) is 18.2. The molecule has 1 fully saturated rings. The molecule has 7 heteroatoms. The number of aliphatic hydroxyl groups excluding tert-OH is 1. The molecule has 1 saturated carbocycles. The van der Waals surface area contributed by atoms with Gasteiger partial charge in [0.1, 0.15) is 4.90 Å². The zero-order valence-electron chi connectivity index (χ0n) is 10.9. The van der Waals surface area contributed by atoms with Gasteiger partial charge in [0.25, 0.3) is 0 Å². The highest BCUT2D eigenvalue weighted by atomic mass is 32.2. The van der Waals surface area contributed by atoms with Crippen LogP contribution in [0.1, 0.15) is 24.8 Å². The van der Waals surface area contributed by atoms with Crippen LogP contribution in [0.5, 0.6) is 0 Å². The Balaban J connectivity index is 2.09. The highest BCUT2D eigenvalue weighted by Gasteiger charge is 2.25. The minimum atomic E-state index is -3.69. The molecule has 0 bridgehead atoms. The minimum Gasteiger partial charge on any atom is -0.398 e. The maximum Gasteiger partial charge on any atom is 0.242 e. The van der Waals surface area contributed by atoms with E-state index in [-0.39, 0.29) is 22.6 Å². The van der Waals surface area contributed by atoms with E-state index in [1.54, 1.807) is 0 Å². The van der Waals surface area contributed by atoms with E-state index in [1.807, 2.05) is 6.07 Å². The van der Waals surface area contributed by atoms with E-state index in [2.05, 4.69) is 4.72 Å². The van der Waals surface area contributed by atoms with Gasteiger partial charge in [-0.3, -0.25) is 0 Å². The molecule has 1 aliphatic carbocycles. The SMILES string of the molecule is N#Cc1ccc(S(=O)(=O)NCC2CCC(O)C2)c(N)c1. The molecule has 0 aromatic heterocycles. The normalized spacial score (nSPS) is 22.6. The average Bonchev–Trinajstić information content (AvgIpc) is 2.82. The second-order valence-corrected chi connectivity index (χ2v) is 6.78. The molecule has 6 nitrogen and oxygen atoms in total. The third-order valence-corrected chi connectivity index (χ3v) is 5.00. The van der Waals surface area contributed by atoms with E-state index in [4.69, 9.17) is 11.0 Å². The number of nitrogens with zero attached hydrogens (tertiary/aromatic N) is 1. The van der Waals surface area contributed by atoms with Gasteiger partial charge in [-0.1, -0.05) is 0 Å². The number of rotatable bonds is 4. The molecular weight excluding hydrogens is 278 g/mol. The summed E-state index contributed by atoms with van der Waals surface area (Å²) < 4.78 is 26.8. The van der Waals surface area contributed by atoms with Gasteiger partial charge in [-0.15, -0.1) is 0 Å². The predicted octanol–water partition coefficient (Wildman–Crippen LogP) is 0.580. The fourth-order valence-corrected chi connectivity index (χ4v) is 3.63. The van der Waals surface area contributed by atoms with Gasteiger partial charge >= 0.3 is 0 Å². The highest BCUT2D eigenvalue weighted by molar-refractivity contribution is 7.89. The first kappa shape index (κ1) is 14.8. The predicted molar refractivity (Wildman–Crippen MR) is 74.1 cm³/mol. The van der Waals surface area contributed by atoms with E-state index < -0.39 is 10.0 Å². The van der Waals surface area contributed by atoms with Crippen LogP contribution < -0.4 is 10.5 Å². The van der Waals surface area contributed by atoms with Crippen LogP contribution in [0.4, 0.5) is 5.69 Å². The Bertz CT molecular complexity index is 637. The van der Waals surface area contributed by atoms with Gasteiger partial charge in [0.15, 0.2) is 0 Å². The Morgan fingerprint density at radius 1 is 1.45 bits per heavy atom. The molecule has 0 heterocycles. The van der Waals surface area contributed by atoms with Gasteiger partial charge in [-0.2, -0.15) is 5.26 Å². The molecule has 1 aliphatic rings. The summed E-state index contributed by atoms with van der Waals surface area (Å²) in [7, 11) is -3.69. The Morgan fingerprint density at radius 3 is 2.75 bits per heavy atom. The summed E-state index contributed by atoms with van der Waals surface area (Å²) in [5.74, 6) is 0.152. The quantitative estimate of drug-likeness (QED) is 0.703. The molecule has 0 aliphatic heterocycles. The molecule has 0 spiro atoms. The van der Waals surface area contributed by atoms with Crippen LogP contribution in [0.2, 0.25) is 0 Å². The Kier molecular flexibility index (Phi) is 4.28. The van der Waals surface area contributed by atoms with Gasteiger partial charge in [-0.05, 0) is 43.4 Å². The van der Waals surface area contributed by atoms with Crippen molar-refractivity contribution in [3.63, 3.8) is 0 Å². The van der Waals surface area contributed by atoms with E-state index in [0.29, 0.717) is 24.9 Å². The number of nitrogens with two attached hydrogens (primary N) is 1. The molecule has 1 aromatic carbocycles. The van der Waals surface area contributed by atoms with Gasteiger partial charge in [0.05, 0.1) is 23.4 Å². The first-order valence-electron chi connectivity index (χ1n) is 6.39. The molecule has 0 amide bonds. The number of nitrogen functional groups attached to an aromatic ring is 1. The molecule has 0 radical (unpaired) electrons. The minimum absolute atomic E-state index is 0.0185. The number of nitriles is 1. The molecule has 2 unspecified atom stereocenters. The van der Waals surface area contributed by atoms with Crippen molar-refractivity contribution >= 4 is 15.7 Å². The van der Waals surface area contributed by atoms with Gasteiger partial charge in [-0.25, -0.2) is 13.1 Å². The molecular formula is C13H17N3O3S. The van der Waals surface area contributed by atoms with E-state index in [1.165, 1.54) is 18.2 Å². The van der Waals surface area contributed by atoms with Gasteiger partial charge in [0, 0.05) is 6.54 Å². The van der Waals surface area contributed by atoms with Crippen molar-refractivity contribution in [2.75, 3.05) is 12.3 Å². The van der Waals surface area contributed by atoms with Crippen LogP contribution in [0.25, 0.3) is 0 Å². The third-order valence-electron chi connectivity index (χ3n) is 3.50. The monoisotopic (exact) mass is 295 g/mol. The number of aliphatic hydroxyl groups is 1. The molecule has 0 saturated heterocycles. The first-order chi connectivity index (χ1) is 9.42. The smallest absolute Gasteiger partial charge is 0.242 e. The Hall–Kier alpha value is -1.62. The summed E-state index contributed by atoms with van der Waals surface area (Å²) in [6.45, 7) is 0.291. The van der Waals surface area contributed by atoms with Crippen LogP contribution >= 0.6 is 0 Å². The zero-order chi connectivity index (χ0) is 14.8. The molecule has 108 valence electrons. The largest absolute Gasteiger partial charge is 0.398 e. The summed E-state index contributed by atoms with van der Waals surface area (Å²) in [6.07, 6.45) is 1.81. The fourth-order valence-electron chi connectivity index (χ4n) is 2.40. The molecule has 2 atom stereocenters. The number of nitrogens with one attached hydrogen (secondary N) is 1. The van der Waals surface area contributed by atoms with Crippen molar-refractivity contribution in [2.45, 2.75) is 30.3 Å². The lowest BCUT2D eigenvalue weighted by molar-refractivity contribution is 0.178. The lowest BCUT2D eigenvalue weighted by atomic mass is 10.1. The molecule has 20 heavy (non-hydrogen) atoms. The summed E-state index contributed by atoms with van der Waals surface area (Å²) >= 11 is 0. The van der Waals surface area contributed by atoms with Gasteiger partial charge < -0.3 is 10.8 Å². The lowest BCUT2D eigenvalue weighted by Gasteiger charge is -2.12.